The van der Waals surface area contributed by atoms with Gasteiger partial charge in [0, 0.05) is 25.6 Å². The molecule has 25 heavy (non-hydrogen) atoms. The highest BCUT2D eigenvalue weighted by molar-refractivity contribution is 5.79. The van der Waals surface area contributed by atoms with E-state index in [1.54, 1.807) is 4.90 Å². The minimum absolute atomic E-state index is 0.0471. The highest BCUT2D eigenvalue weighted by atomic mass is 19.4. The van der Waals surface area contributed by atoms with Crippen molar-refractivity contribution in [2.75, 3.05) is 26.2 Å². The molecule has 0 bridgehead atoms. The smallest absolute Gasteiger partial charge is 0.333 e. The van der Waals surface area contributed by atoms with Crippen molar-refractivity contribution in [2.24, 2.45) is 5.92 Å². The molecule has 2 fully saturated rings. The van der Waals surface area contributed by atoms with E-state index in [1.807, 2.05) is 0 Å². The number of aromatic nitrogens is 3. The highest BCUT2D eigenvalue weighted by Gasteiger charge is 2.37. The van der Waals surface area contributed by atoms with Gasteiger partial charge in [0.2, 0.25) is 5.91 Å². The summed E-state index contributed by atoms with van der Waals surface area (Å²) in [5.41, 5.74) is 0. The van der Waals surface area contributed by atoms with Gasteiger partial charge in [0.1, 0.15) is 5.82 Å². The maximum absolute atomic E-state index is 12.8. The summed E-state index contributed by atoms with van der Waals surface area (Å²) in [6.45, 7) is 1.33. The molecule has 0 aromatic carbocycles. The molecule has 1 amide bonds. The Bertz CT molecular complexity index is 655. The number of fused-ring (bicyclic) bond motifs is 1. The lowest BCUT2D eigenvalue weighted by atomic mass is 9.96. The van der Waals surface area contributed by atoms with Gasteiger partial charge < -0.3 is 9.47 Å². The number of hydrogen-bond acceptors (Lipinski definition) is 4. The molecule has 2 aliphatic heterocycles. The van der Waals surface area contributed by atoms with E-state index in [0.717, 1.165) is 24.5 Å². The zero-order valence-electron chi connectivity index (χ0n) is 14.0. The number of halogens is 3. The van der Waals surface area contributed by atoms with E-state index in [2.05, 4.69) is 14.8 Å². The lowest BCUT2D eigenvalue weighted by Crippen LogP contribution is -2.48. The van der Waals surface area contributed by atoms with E-state index in [-0.39, 0.29) is 18.4 Å². The second-order valence-electron chi connectivity index (χ2n) is 7.35. The lowest BCUT2D eigenvalue weighted by molar-refractivity contribution is -0.155. The van der Waals surface area contributed by atoms with E-state index in [4.69, 9.17) is 0 Å². The zero-order chi connectivity index (χ0) is 17.6. The molecular formula is C16H22F3N5O. The number of carbonyl (C=O) groups is 1. The van der Waals surface area contributed by atoms with Gasteiger partial charge in [-0.2, -0.15) is 13.2 Å². The van der Waals surface area contributed by atoms with Crippen LogP contribution in [0.15, 0.2) is 0 Å². The fraction of sp³-hybridized carbons (Fsp3) is 0.812. The Kier molecular flexibility index (Phi) is 4.21. The van der Waals surface area contributed by atoms with Gasteiger partial charge in [-0.15, -0.1) is 10.2 Å². The fourth-order valence-electron chi connectivity index (χ4n) is 3.92. The molecule has 1 unspecified atom stereocenters. The molecule has 3 aliphatic rings. The molecule has 138 valence electrons. The van der Waals surface area contributed by atoms with Crippen molar-refractivity contribution in [1.82, 2.24) is 24.6 Å². The van der Waals surface area contributed by atoms with Crippen LogP contribution in [0, 0.1) is 5.92 Å². The summed E-state index contributed by atoms with van der Waals surface area (Å²) >= 11 is 0. The molecule has 6 nitrogen and oxygen atoms in total. The lowest BCUT2D eigenvalue weighted by Gasteiger charge is -2.36. The van der Waals surface area contributed by atoms with Crippen molar-refractivity contribution in [3.8, 4) is 0 Å². The van der Waals surface area contributed by atoms with Gasteiger partial charge in [-0.05, 0) is 32.2 Å². The average Bonchev–Trinajstić information content (AvgIpc) is 3.32. The molecule has 9 heteroatoms. The van der Waals surface area contributed by atoms with Crippen LogP contribution in [0.3, 0.4) is 0 Å². The number of hydrogen-bond donors (Lipinski definition) is 0. The summed E-state index contributed by atoms with van der Waals surface area (Å²) in [5, 5.41) is 8.48. The molecule has 0 N–H and O–H groups in total. The summed E-state index contributed by atoms with van der Waals surface area (Å²) < 4.78 is 39.9. The number of alkyl halides is 3. The first-order valence-electron chi connectivity index (χ1n) is 8.90. The Morgan fingerprint density at radius 2 is 1.92 bits per heavy atom. The van der Waals surface area contributed by atoms with E-state index in [9.17, 15) is 18.0 Å². The predicted molar refractivity (Wildman–Crippen MR) is 82.6 cm³/mol. The van der Waals surface area contributed by atoms with Gasteiger partial charge >= 0.3 is 6.18 Å². The van der Waals surface area contributed by atoms with Crippen molar-refractivity contribution < 1.29 is 18.0 Å². The van der Waals surface area contributed by atoms with Crippen molar-refractivity contribution in [1.29, 1.82) is 0 Å². The zero-order valence-corrected chi connectivity index (χ0v) is 14.0. The van der Waals surface area contributed by atoms with E-state index >= 15 is 0 Å². The van der Waals surface area contributed by atoms with Crippen LogP contribution in [0.25, 0.3) is 0 Å². The Hall–Kier alpha value is -1.64. The number of carbonyl (C=O) groups excluding carboxylic acids is 1. The monoisotopic (exact) mass is 357 g/mol. The Morgan fingerprint density at radius 3 is 2.64 bits per heavy atom. The Balaban J connectivity index is 1.39. The first kappa shape index (κ1) is 16.8. The SMILES string of the molecule is O=C(C1CCCN(CC(F)(F)F)C1)N1CCn2c(nnc2C2CC2)C1. The van der Waals surface area contributed by atoms with Gasteiger partial charge in [0.15, 0.2) is 5.82 Å². The molecule has 1 atom stereocenters. The van der Waals surface area contributed by atoms with Crippen LogP contribution in [-0.2, 0) is 17.9 Å². The van der Waals surface area contributed by atoms with Gasteiger partial charge in [-0.1, -0.05) is 0 Å². The van der Waals surface area contributed by atoms with E-state index < -0.39 is 12.7 Å². The number of amides is 1. The molecule has 1 aliphatic carbocycles. The fourth-order valence-corrected chi connectivity index (χ4v) is 3.92. The summed E-state index contributed by atoms with van der Waals surface area (Å²) in [5.74, 6) is 1.93. The summed E-state index contributed by atoms with van der Waals surface area (Å²) in [7, 11) is 0. The highest BCUT2D eigenvalue weighted by Crippen LogP contribution is 2.39. The summed E-state index contributed by atoms with van der Waals surface area (Å²) in [4.78, 5) is 15.9. The molecule has 4 rings (SSSR count). The number of piperidine rings is 1. The van der Waals surface area contributed by atoms with Crippen LogP contribution in [0.4, 0.5) is 13.2 Å². The van der Waals surface area contributed by atoms with Crippen LogP contribution in [0.5, 0.6) is 0 Å². The second kappa shape index (κ2) is 6.26. The molecule has 1 saturated heterocycles. The van der Waals surface area contributed by atoms with Gasteiger partial charge in [-0.25, -0.2) is 0 Å². The van der Waals surface area contributed by atoms with Crippen molar-refractivity contribution in [2.45, 2.75) is 50.9 Å². The number of likely N-dealkylation sites (tertiary alicyclic amines) is 1. The molecule has 1 aromatic heterocycles. The van der Waals surface area contributed by atoms with E-state index in [1.165, 1.54) is 4.90 Å². The van der Waals surface area contributed by atoms with Crippen molar-refractivity contribution in [3.63, 3.8) is 0 Å². The Labute approximate surface area is 144 Å². The number of rotatable bonds is 3. The summed E-state index contributed by atoms with van der Waals surface area (Å²) in [6, 6.07) is 0. The van der Waals surface area contributed by atoms with Crippen LogP contribution >= 0.6 is 0 Å². The molecule has 1 aromatic rings. The first-order valence-corrected chi connectivity index (χ1v) is 8.90. The maximum atomic E-state index is 12.8. The second-order valence-corrected chi connectivity index (χ2v) is 7.35. The molecule has 3 heterocycles. The topological polar surface area (TPSA) is 54.3 Å². The van der Waals surface area contributed by atoms with Gasteiger partial charge in [0.05, 0.1) is 19.0 Å². The Morgan fingerprint density at radius 1 is 1.12 bits per heavy atom. The molecule has 0 spiro atoms. The third-order valence-electron chi connectivity index (χ3n) is 5.29. The van der Waals surface area contributed by atoms with Gasteiger partial charge in [0.25, 0.3) is 0 Å². The largest absolute Gasteiger partial charge is 0.401 e. The van der Waals surface area contributed by atoms with Crippen LogP contribution in [0.1, 0.15) is 43.3 Å². The number of nitrogens with zero attached hydrogens (tertiary/aromatic N) is 5. The van der Waals surface area contributed by atoms with E-state index in [0.29, 0.717) is 44.9 Å². The predicted octanol–water partition coefficient (Wildman–Crippen LogP) is 1.77. The van der Waals surface area contributed by atoms with Crippen LogP contribution in [0.2, 0.25) is 0 Å². The minimum Gasteiger partial charge on any atom is -0.333 e. The van der Waals surface area contributed by atoms with Crippen molar-refractivity contribution >= 4 is 5.91 Å². The maximum Gasteiger partial charge on any atom is 0.401 e. The first-order chi connectivity index (χ1) is 11.9. The molecule has 0 radical (unpaired) electrons. The van der Waals surface area contributed by atoms with Gasteiger partial charge in [-0.3, -0.25) is 9.69 Å². The van der Waals surface area contributed by atoms with Crippen LogP contribution in [-0.4, -0.2) is 62.8 Å². The average molecular weight is 357 g/mol. The van der Waals surface area contributed by atoms with Crippen molar-refractivity contribution in [3.05, 3.63) is 11.6 Å². The third kappa shape index (κ3) is 3.65. The summed E-state index contributed by atoms with van der Waals surface area (Å²) in [6.07, 6.45) is -0.631. The quantitative estimate of drug-likeness (QED) is 0.827. The van der Waals surface area contributed by atoms with Crippen LogP contribution < -0.4 is 0 Å². The minimum atomic E-state index is -4.22. The normalized spacial score (nSPS) is 25.1. The molecular weight excluding hydrogens is 335 g/mol. The third-order valence-corrected chi connectivity index (χ3v) is 5.29. The standard InChI is InChI=1S/C16H22F3N5O/c17-16(18,19)10-22-5-1-2-12(8-22)15(25)23-6-7-24-13(9-23)20-21-14(24)11-3-4-11/h11-12H,1-10H2. The molecule has 1 saturated carbocycles.